The van der Waals surface area contributed by atoms with Crippen molar-refractivity contribution in [1.82, 2.24) is 16.0 Å². The molecule has 0 bridgehead atoms. The molecule has 0 atom stereocenters. The first kappa shape index (κ1) is 24.4. The summed E-state index contributed by atoms with van der Waals surface area (Å²) in [6, 6.07) is 8.65. The topological polar surface area (TPSA) is 78.7 Å². The number of hydrogen-bond donors (Lipinski definition) is 3. The number of amides is 1. The van der Waals surface area contributed by atoms with Gasteiger partial charge in [-0.05, 0) is 49.6 Å². The van der Waals surface area contributed by atoms with E-state index in [1.54, 1.807) is 24.5 Å². The van der Waals surface area contributed by atoms with Crippen molar-refractivity contribution < 1.29 is 13.6 Å². The molecule has 1 heterocycles. The second-order valence-corrected chi connectivity index (χ2v) is 6.73. The zero-order valence-corrected chi connectivity index (χ0v) is 19.6. The average molecular weight is 567 g/mol. The van der Waals surface area contributed by atoms with Gasteiger partial charge in [-0.1, -0.05) is 22.0 Å². The van der Waals surface area contributed by atoms with Gasteiger partial charge in [-0.15, -0.1) is 24.0 Å². The van der Waals surface area contributed by atoms with Crippen LogP contribution in [0.2, 0.25) is 0 Å². The molecule has 0 spiro atoms. The molecule has 2 aromatic rings. The highest BCUT2D eigenvalue weighted by Gasteiger charge is 2.05. The fourth-order valence-electron chi connectivity index (χ4n) is 2.36. The Kier molecular flexibility index (Phi) is 11.8. The largest absolute Gasteiger partial charge is 0.467 e. The molecule has 3 N–H and O–H groups in total. The number of aliphatic imine (C=N–C) groups is 1. The van der Waals surface area contributed by atoms with E-state index in [1.165, 1.54) is 6.07 Å². The quantitative estimate of drug-likeness (QED) is 0.188. The normalized spacial score (nSPS) is 10.9. The summed E-state index contributed by atoms with van der Waals surface area (Å²) in [7, 11) is 0. The minimum absolute atomic E-state index is 0. The number of benzene rings is 1. The van der Waals surface area contributed by atoms with Crippen molar-refractivity contribution in [1.29, 1.82) is 0 Å². The number of nitrogens with zero attached hydrogens (tertiary/aromatic N) is 1. The molecule has 1 amide bonds. The molecule has 0 aliphatic rings. The molecule has 154 valence electrons. The first-order valence-corrected chi connectivity index (χ1v) is 9.63. The molecule has 0 saturated carbocycles. The van der Waals surface area contributed by atoms with Gasteiger partial charge in [0.25, 0.3) is 0 Å². The second-order valence-electron chi connectivity index (χ2n) is 5.82. The lowest BCUT2D eigenvalue weighted by Gasteiger charge is -2.11. The van der Waals surface area contributed by atoms with E-state index in [4.69, 9.17) is 4.42 Å². The van der Waals surface area contributed by atoms with Crippen LogP contribution in [0.25, 0.3) is 0 Å². The lowest BCUT2D eigenvalue weighted by Crippen LogP contribution is -2.39. The molecule has 6 nitrogen and oxygen atoms in total. The Hall–Kier alpha value is -1.62. The molecule has 0 aliphatic carbocycles. The zero-order chi connectivity index (χ0) is 19.5. The zero-order valence-electron chi connectivity index (χ0n) is 15.6. The molecule has 0 aliphatic heterocycles. The molecule has 0 radical (unpaired) electrons. The highest BCUT2D eigenvalue weighted by Crippen LogP contribution is 2.16. The third-order valence-electron chi connectivity index (χ3n) is 3.70. The Morgan fingerprint density at radius 1 is 1.25 bits per heavy atom. The third-order valence-corrected chi connectivity index (χ3v) is 4.19. The van der Waals surface area contributed by atoms with E-state index in [0.29, 0.717) is 43.3 Å². The Morgan fingerprint density at radius 2 is 2.07 bits per heavy atom. The number of nitrogens with one attached hydrogen (secondary N) is 3. The van der Waals surface area contributed by atoms with Crippen LogP contribution in [0.5, 0.6) is 0 Å². The SMILES string of the molecule is CCNC(=NCC(=O)NCc1ccco1)NCCCc1ccc(Br)cc1F.I. The van der Waals surface area contributed by atoms with Crippen LogP contribution in [-0.2, 0) is 17.8 Å². The maximum atomic E-state index is 13.8. The highest BCUT2D eigenvalue weighted by molar-refractivity contribution is 14.0. The average Bonchev–Trinajstić information content (AvgIpc) is 3.16. The van der Waals surface area contributed by atoms with Gasteiger partial charge < -0.3 is 20.4 Å². The van der Waals surface area contributed by atoms with E-state index in [0.717, 1.165) is 10.9 Å². The Morgan fingerprint density at radius 3 is 2.75 bits per heavy atom. The highest BCUT2D eigenvalue weighted by atomic mass is 127. The lowest BCUT2D eigenvalue weighted by atomic mass is 10.1. The molecule has 0 unspecified atom stereocenters. The van der Waals surface area contributed by atoms with Gasteiger partial charge in [-0.2, -0.15) is 0 Å². The number of halogens is 3. The number of hydrogen-bond acceptors (Lipinski definition) is 3. The summed E-state index contributed by atoms with van der Waals surface area (Å²) in [5.41, 5.74) is 0.680. The number of furan rings is 1. The third kappa shape index (κ3) is 9.05. The van der Waals surface area contributed by atoms with Crippen molar-refractivity contribution >= 4 is 51.8 Å². The lowest BCUT2D eigenvalue weighted by molar-refractivity contribution is -0.119. The van der Waals surface area contributed by atoms with E-state index in [-0.39, 0.29) is 42.2 Å². The summed E-state index contributed by atoms with van der Waals surface area (Å²) >= 11 is 3.25. The summed E-state index contributed by atoms with van der Waals surface area (Å²) in [5.74, 6) is 0.846. The summed E-state index contributed by atoms with van der Waals surface area (Å²) in [5, 5.41) is 8.98. The van der Waals surface area contributed by atoms with Crippen molar-refractivity contribution in [2.45, 2.75) is 26.3 Å². The van der Waals surface area contributed by atoms with Crippen LogP contribution in [0.4, 0.5) is 4.39 Å². The monoisotopic (exact) mass is 566 g/mol. The molecule has 0 fully saturated rings. The summed E-state index contributed by atoms with van der Waals surface area (Å²) in [4.78, 5) is 16.1. The number of guanidine groups is 1. The molecular formula is C19H25BrFIN4O2. The van der Waals surface area contributed by atoms with E-state index in [9.17, 15) is 9.18 Å². The molecule has 1 aromatic carbocycles. The van der Waals surface area contributed by atoms with Gasteiger partial charge in [0.05, 0.1) is 12.8 Å². The van der Waals surface area contributed by atoms with Crippen LogP contribution in [-0.4, -0.2) is 31.5 Å². The second kappa shape index (κ2) is 13.5. The predicted octanol–water partition coefficient (Wildman–Crippen LogP) is 3.60. The van der Waals surface area contributed by atoms with Gasteiger partial charge >= 0.3 is 0 Å². The summed E-state index contributed by atoms with van der Waals surface area (Å²) in [6.45, 7) is 3.60. The van der Waals surface area contributed by atoms with Gasteiger partial charge in [0.1, 0.15) is 18.1 Å². The molecule has 0 saturated heterocycles. The minimum atomic E-state index is -0.210. The molecular weight excluding hydrogens is 542 g/mol. The number of aryl methyl sites for hydroxylation is 1. The maximum absolute atomic E-state index is 13.8. The molecule has 28 heavy (non-hydrogen) atoms. The fourth-order valence-corrected chi connectivity index (χ4v) is 2.69. The van der Waals surface area contributed by atoms with Crippen LogP contribution in [0, 0.1) is 5.82 Å². The molecule has 9 heteroatoms. The van der Waals surface area contributed by atoms with Crippen molar-refractivity contribution in [3.63, 3.8) is 0 Å². The predicted molar refractivity (Wildman–Crippen MR) is 122 cm³/mol. The van der Waals surface area contributed by atoms with E-state index < -0.39 is 0 Å². The smallest absolute Gasteiger partial charge is 0.242 e. The molecule has 1 aromatic heterocycles. The summed E-state index contributed by atoms with van der Waals surface area (Å²) < 4.78 is 19.7. The van der Waals surface area contributed by atoms with Crippen LogP contribution >= 0.6 is 39.9 Å². The first-order chi connectivity index (χ1) is 13.1. The number of carbonyl (C=O) groups is 1. The van der Waals surface area contributed by atoms with Crippen LogP contribution < -0.4 is 16.0 Å². The van der Waals surface area contributed by atoms with Gasteiger partial charge in [0.2, 0.25) is 5.91 Å². The Labute approximate surface area is 189 Å². The van der Waals surface area contributed by atoms with Crippen molar-refractivity contribution in [3.05, 3.63) is 58.2 Å². The Bertz CT molecular complexity index is 756. The van der Waals surface area contributed by atoms with Gasteiger partial charge in [0.15, 0.2) is 5.96 Å². The van der Waals surface area contributed by atoms with Crippen LogP contribution in [0.1, 0.15) is 24.7 Å². The van der Waals surface area contributed by atoms with Crippen molar-refractivity contribution in [3.8, 4) is 0 Å². The van der Waals surface area contributed by atoms with Crippen LogP contribution in [0.15, 0.2) is 50.5 Å². The van der Waals surface area contributed by atoms with Gasteiger partial charge in [0, 0.05) is 17.6 Å². The van der Waals surface area contributed by atoms with E-state index >= 15 is 0 Å². The Balaban J connectivity index is 0.00000392. The number of rotatable bonds is 9. The number of carbonyl (C=O) groups excluding carboxylic acids is 1. The maximum Gasteiger partial charge on any atom is 0.242 e. The van der Waals surface area contributed by atoms with Gasteiger partial charge in [-0.25, -0.2) is 9.38 Å². The van der Waals surface area contributed by atoms with E-state index in [1.807, 2.05) is 13.0 Å². The summed E-state index contributed by atoms with van der Waals surface area (Å²) in [6.07, 6.45) is 2.93. The fraction of sp³-hybridized carbons (Fsp3) is 0.368. The first-order valence-electron chi connectivity index (χ1n) is 8.83. The van der Waals surface area contributed by atoms with E-state index in [2.05, 4.69) is 36.9 Å². The van der Waals surface area contributed by atoms with Crippen molar-refractivity contribution in [2.24, 2.45) is 4.99 Å². The standard InChI is InChI=1S/C19H24BrFN4O2.HI/c1-2-22-19(25-13-18(26)24-12-16-6-4-10-27-16)23-9-3-5-14-7-8-15(20)11-17(14)21;/h4,6-8,10-11H,2-3,5,9,12-13H2,1H3,(H,24,26)(H2,22,23,25);1H. The van der Waals surface area contributed by atoms with Gasteiger partial charge in [-0.3, -0.25) is 4.79 Å². The minimum Gasteiger partial charge on any atom is -0.467 e. The molecule has 2 rings (SSSR count). The van der Waals surface area contributed by atoms with Crippen molar-refractivity contribution in [2.75, 3.05) is 19.6 Å². The van der Waals surface area contributed by atoms with Crippen LogP contribution in [0.3, 0.4) is 0 Å².